The molecule has 2 atom stereocenters. The van der Waals surface area contributed by atoms with Crippen molar-refractivity contribution in [1.82, 2.24) is 0 Å². The summed E-state index contributed by atoms with van der Waals surface area (Å²) in [6.07, 6.45) is 18.1. The molecule has 0 radical (unpaired) electrons. The van der Waals surface area contributed by atoms with Crippen LogP contribution in [0.1, 0.15) is 108 Å². The number of hydrogen-bond acceptors (Lipinski definition) is 4. The summed E-state index contributed by atoms with van der Waals surface area (Å²) in [4.78, 5) is 11.9. The molecule has 2 bridgehead atoms. The normalized spacial score (nSPS) is 31.7. The Morgan fingerprint density at radius 3 is 2.36 bits per heavy atom. The Morgan fingerprint density at radius 1 is 1.03 bits per heavy atom. The van der Waals surface area contributed by atoms with Crippen molar-refractivity contribution >= 4 is 5.97 Å². The maximum Gasteiger partial charge on any atom is 0.308 e. The number of unbranched alkanes of at least 4 members (excludes halogenated alkanes) is 2. The fraction of sp³-hybridized carbons (Fsp3) is 0.690. The summed E-state index contributed by atoms with van der Waals surface area (Å²) in [6, 6.07) is 9.11. The molecule has 3 aliphatic carbocycles. The molecule has 182 valence electrons. The molecular formula is C29H42O4. The topological polar surface area (TPSA) is 44.8 Å². The Balaban J connectivity index is 1.26. The van der Waals surface area contributed by atoms with Gasteiger partial charge in [-0.15, -0.1) is 0 Å². The first kappa shape index (κ1) is 24.5. The van der Waals surface area contributed by atoms with Crippen LogP contribution in [0.3, 0.4) is 0 Å². The number of carbonyl (C=O) groups excluding carboxylic acids is 1. The zero-order valence-corrected chi connectivity index (χ0v) is 20.7. The third-order valence-electron chi connectivity index (χ3n) is 8.49. The van der Waals surface area contributed by atoms with Crippen LogP contribution in [0.2, 0.25) is 0 Å². The fourth-order valence-electron chi connectivity index (χ4n) is 6.19. The lowest BCUT2D eigenvalue weighted by molar-refractivity contribution is -0.233. The minimum absolute atomic E-state index is 0.0987. The van der Waals surface area contributed by atoms with E-state index in [0.29, 0.717) is 30.3 Å². The maximum atomic E-state index is 11.9. The average molecular weight is 455 g/mol. The first-order valence-electron chi connectivity index (χ1n) is 13.2. The predicted octanol–water partition coefficient (Wildman–Crippen LogP) is 7.17. The van der Waals surface area contributed by atoms with Gasteiger partial charge in [0.05, 0.1) is 6.61 Å². The maximum absolute atomic E-state index is 11.9. The molecule has 4 aliphatic rings. The van der Waals surface area contributed by atoms with Gasteiger partial charge in [-0.05, 0) is 80.2 Å². The molecule has 0 aromatic heterocycles. The highest BCUT2D eigenvalue weighted by atomic mass is 16.7. The molecule has 3 saturated carbocycles. The molecule has 33 heavy (non-hydrogen) atoms. The van der Waals surface area contributed by atoms with Crippen molar-refractivity contribution in [3.05, 3.63) is 47.5 Å². The van der Waals surface area contributed by atoms with Gasteiger partial charge in [0.25, 0.3) is 0 Å². The molecule has 0 amide bonds. The standard InChI is InChI=1S/C29H42O4/c1-3-5-7-9-26(30)33-27-22-31-25(21-32-27)23-10-12-24(13-11-23)29-18-15-28(16-19-29,17-20-29)14-8-6-4-2/h3,5,10-13,25,27H,4,6-9,14-22H2,1-2H3. The minimum Gasteiger partial charge on any atom is -0.433 e. The molecular weight excluding hydrogens is 412 g/mol. The number of benzene rings is 1. The summed E-state index contributed by atoms with van der Waals surface area (Å²) in [6.45, 7) is 4.95. The zero-order valence-electron chi connectivity index (χ0n) is 20.7. The summed E-state index contributed by atoms with van der Waals surface area (Å²) >= 11 is 0. The fourth-order valence-corrected chi connectivity index (χ4v) is 6.19. The first-order valence-corrected chi connectivity index (χ1v) is 13.2. The van der Waals surface area contributed by atoms with Crippen molar-refractivity contribution in [2.24, 2.45) is 5.41 Å². The van der Waals surface area contributed by atoms with E-state index in [4.69, 9.17) is 14.2 Å². The second kappa shape index (κ2) is 11.2. The van der Waals surface area contributed by atoms with Gasteiger partial charge in [0.15, 0.2) is 0 Å². The molecule has 4 nitrogen and oxygen atoms in total. The Bertz CT molecular complexity index is 764. The van der Waals surface area contributed by atoms with Gasteiger partial charge in [0, 0.05) is 6.42 Å². The van der Waals surface area contributed by atoms with Gasteiger partial charge in [-0.2, -0.15) is 0 Å². The summed E-state index contributed by atoms with van der Waals surface area (Å²) in [5, 5.41) is 0. The van der Waals surface area contributed by atoms with Crippen LogP contribution in [0.4, 0.5) is 0 Å². The highest BCUT2D eigenvalue weighted by Crippen LogP contribution is 2.59. The third kappa shape index (κ3) is 5.89. The molecule has 2 unspecified atom stereocenters. The van der Waals surface area contributed by atoms with Crippen LogP contribution in [0, 0.1) is 5.41 Å². The van der Waals surface area contributed by atoms with E-state index in [2.05, 4.69) is 31.2 Å². The van der Waals surface area contributed by atoms with Gasteiger partial charge in [-0.1, -0.05) is 62.6 Å². The van der Waals surface area contributed by atoms with E-state index >= 15 is 0 Å². The number of carbonyl (C=O) groups is 1. The monoisotopic (exact) mass is 454 g/mol. The van der Waals surface area contributed by atoms with E-state index in [0.717, 1.165) is 5.56 Å². The molecule has 4 fully saturated rings. The molecule has 1 aromatic rings. The van der Waals surface area contributed by atoms with Gasteiger partial charge < -0.3 is 14.2 Å². The van der Waals surface area contributed by atoms with Crippen LogP contribution in [-0.2, 0) is 24.4 Å². The molecule has 1 saturated heterocycles. The highest BCUT2D eigenvalue weighted by molar-refractivity contribution is 5.69. The van der Waals surface area contributed by atoms with Crippen molar-refractivity contribution < 1.29 is 19.0 Å². The molecule has 5 rings (SSSR count). The summed E-state index contributed by atoms with van der Waals surface area (Å²) in [5.41, 5.74) is 3.70. The van der Waals surface area contributed by atoms with Gasteiger partial charge in [-0.3, -0.25) is 4.79 Å². The Morgan fingerprint density at radius 2 is 1.76 bits per heavy atom. The minimum atomic E-state index is -0.598. The van der Waals surface area contributed by atoms with Crippen molar-refractivity contribution in [2.45, 2.75) is 109 Å². The van der Waals surface area contributed by atoms with Crippen LogP contribution in [0.5, 0.6) is 0 Å². The second-order valence-corrected chi connectivity index (χ2v) is 10.5. The van der Waals surface area contributed by atoms with Crippen molar-refractivity contribution in [3.63, 3.8) is 0 Å². The molecule has 0 N–H and O–H groups in total. The highest BCUT2D eigenvalue weighted by Gasteiger charge is 2.48. The quantitative estimate of drug-likeness (QED) is 0.213. The average Bonchev–Trinajstić information content (AvgIpc) is 2.86. The number of rotatable bonds is 10. The van der Waals surface area contributed by atoms with Gasteiger partial charge >= 0.3 is 5.97 Å². The van der Waals surface area contributed by atoms with Gasteiger partial charge in [0.1, 0.15) is 12.7 Å². The van der Waals surface area contributed by atoms with E-state index in [9.17, 15) is 4.79 Å². The molecule has 1 aromatic carbocycles. The predicted molar refractivity (Wildman–Crippen MR) is 131 cm³/mol. The number of ether oxygens (including phenoxy) is 3. The number of hydrogen-bond donors (Lipinski definition) is 0. The van der Waals surface area contributed by atoms with E-state index in [1.54, 1.807) is 0 Å². The van der Waals surface area contributed by atoms with Crippen molar-refractivity contribution in [2.75, 3.05) is 13.2 Å². The van der Waals surface area contributed by atoms with E-state index in [-0.39, 0.29) is 18.7 Å². The number of esters is 1. The van der Waals surface area contributed by atoms with Gasteiger partial charge in [0.2, 0.25) is 6.29 Å². The molecule has 1 heterocycles. The summed E-state index contributed by atoms with van der Waals surface area (Å²) < 4.78 is 17.1. The van der Waals surface area contributed by atoms with Crippen molar-refractivity contribution in [3.8, 4) is 0 Å². The summed E-state index contributed by atoms with van der Waals surface area (Å²) in [5.74, 6) is -0.238. The van der Waals surface area contributed by atoms with Crippen LogP contribution in [0.25, 0.3) is 0 Å². The lowest BCUT2D eigenvalue weighted by Gasteiger charge is -2.54. The van der Waals surface area contributed by atoms with Crippen LogP contribution in [0.15, 0.2) is 36.4 Å². The van der Waals surface area contributed by atoms with E-state index < -0.39 is 6.29 Å². The zero-order chi connectivity index (χ0) is 23.2. The number of allylic oxidation sites excluding steroid dienone is 2. The Kier molecular flexibility index (Phi) is 8.29. The molecule has 4 heteroatoms. The number of fused-ring (bicyclic) bond motifs is 3. The van der Waals surface area contributed by atoms with Crippen LogP contribution in [-0.4, -0.2) is 25.5 Å². The van der Waals surface area contributed by atoms with Crippen LogP contribution < -0.4 is 0 Å². The van der Waals surface area contributed by atoms with E-state index in [1.807, 2.05) is 19.1 Å². The first-order chi connectivity index (χ1) is 16.1. The lowest BCUT2D eigenvalue weighted by Crippen LogP contribution is -2.44. The molecule has 1 aliphatic heterocycles. The Labute approximate surface area is 200 Å². The van der Waals surface area contributed by atoms with E-state index in [1.165, 1.54) is 69.8 Å². The molecule has 0 spiro atoms. The van der Waals surface area contributed by atoms with Gasteiger partial charge in [-0.25, -0.2) is 0 Å². The summed E-state index contributed by atoms with van der Waals surface area (Å²) in [7, 11) is 0. The van der Waals surface area contributed by atoms with Crippen LogP contribution >= 0.6 is 0 Å². The SMILES string of the molecule is CC=CCCC(=O)OC1COC(c2ccc(C34CCC(CCCCC)(CC3)CC4)cc2)CO1. The second-order valence-electron chi connectivity index (χ2n) is 10.5. The third-order valence-corrected chi connectivity index (χ3v) is 8.49. The lowest BCUT2D eigenvalue weighted by atomic mass is 9.51. The smallest absolute Gasteiger partial charge is 0.308 e. The van der Waals surface area contributed by atoms with Crippen molar-refractivity contribution in [1.29, 1.82) is 0 Å². The Hall–Kier alpha value is -1.65. The largest absolute Gasteiger partial charge is 0.433 e.